The number of carbonyl (C=O) groups is 2. The zero-order chi connectivity index (χ0) is 19.1. The van der Waals surface area contributed by atoms with E-state index in [0.717, 1.165) is 10.9 Å². The molecule has 1 aliphatic heterocycles. The molecule has 2 heterocycles. The highest BCUT2D eigenvalue weighted by atomic mass is 19.1. The lowest BCUT2D eigenvalue weighted by Gasteiger charge is -2.12. The third-order valence-corrected chi connectivity index (χ3v) is 4.47. The standard InChI is InChI=1S/C20H17FN4O2/c1-25(2)20(27)11-7-8-12(14(21)9-11)17-19-18(24-16(26)10-22-17)13-5-3-4-6-15(13)23-19/h3-9,23H,10H2,1-2H3,(H,24,26). The van der Waals surface area contributed by atoms with Crippen LogP contribution in [-0.4, -0.2) is 48.1 Å². The number of aromatic nitrogens is 1. The summed E-state index contributed by atoms with van der Waals surface area (Å²) in [4.78, 5) is 33.1. The molecule has 0 radical (unpaired) electrons. The molecule has 2 aromatic carbocycles. The van der Waals surface area contributed by atoms with Crippen LogP contribution >= 0.6 is 0 Å². The number of nitrogens with zero attached hydrogens (tertiary/aromatic N) is 2. The first kappa shape index (κ1) is 17.0. The van der Waals surface area contributed by atoms with Crippen LogP contribution in [0, 0.1) is 5.82 Å². The zero-order valence-electron chi connectivity index (χ0n) is 14.8. The molecule has 27 heavy (non-hydrogen) atoms. The van der Waals surface area contributed by atoms with Crippen molar-refractivity contribution in [1.82, 2.24) is 9.88 Å². The Balaban J connectivity index is 1.87. The van der Waals surface area contributed by atoms with Gasteiger partial charge < -0.3 is 15.2 Å². The van der Waals surface area contributed by atoms with Gasteiger partial charge in [0.15, 0.2) is 0 Å². The van der Waals surface area contributed by atoms with Gasteiger partial charge in [-0.05, 0) is 24.3 Å². The molecule has 1 aromatic heterocycles. The minimum Gasteiger partial charge on any atom is -0.351 e. The van der Waals surface area contributed by atoms with Crippen LogP contribution in [0.2, 0.25) is 0 Å². The highest BCUT2D eigenvalue weighted by Crippen LogP contribution is 2.31. The van der Waals surface area contributed by atoms with Crippen LogP contribution in [0.4, 0.5) is 10.1 Å². The van der Waals surface area contributed by atoms with E-state index in [1.54, 1.807) is 20.2 Å². The number of hydrogen-bond donors (Lipinski definition) is 2. The van der Waals surface area contributed by atoms with Gasteiger partial charge in [-0.2, -0.15) is 0 Å². The van der Waals surface area contributed by atoms with E-state index >= 15 is 0 Å². The van der Waals surface area contributed by atoms with E-state index in [-0.39, 0.29) is 29.5 Å². The first-order valence-corrected chi connectivity index (χ1v) is 8.42. The number of carbonyl (C=O) groups excluding carboxylic acids is 2. The monoisotopic (exact) mass is 364 g/mol. The molecule has 0 bridgehead atoms. The molecule has 0 spiro atoms. The summed E-state index contributed by atoms with van der Waals surface area (Å²) in [6.07, 6.45) is 0. The van der Waals surface area contributed by atoms with E-state index < -0.39 is 5.82 Å². The predicted octanol–water partition coefficient (Wildman–Crippen LogP) is 2.80. The molecule has 136 valence electrons. The number of para-hydroxylation sites is 1. The molecule has 6 nitrogen and oxygen atoms in total. The number of benzene rings is 2. The van der Waals surface area contributed by atoms with Crippen molar-refractivity contribution in [1.29, 1.82) is 0 Å². The van der Waals surface area contributed by atoms with Crippen LogP contribution in [-0.2, 0) is 4.79 Å². The summed E-state index contributed by atoms with van der Waals surface area (Å²) in [5.74, 6) is -1.12. The number of aromatic amines is 1. The van der Waals surface area contributed by atoms with E-state index in [1.165, 1.54) is 17.0 Å². The van der Waals surface area contributed by atoms with Crippen LogP contribution in [0.1, 0.15) is 21.6 Å². The quantitative estimate of drug-likeness (QED) is 0.733. The van der Waals surface area contributed by atoms with E-state index in [2.05, 4.69) is 15.3 Å². The number of H-pyrrole nitrogens is 1. The van der Waals surface area contributed by atoms with Gasteiger partial charge in [0.1, 0.15) is 12.4 Å². The van der Waals surface area contributed by atoms with Crippen molar-refractivity contribution >= 4 is 34.1 Å². The summed E-state index contributed by atoms with van der Waals surface area (Å²) < 4.78 is 14.9. The Morgan fingerprint density at radius 1 is 1.19 bits per heavy atom. The number of amides is 2. The summed E-state index contributed by atoms with van der Waals surface area (Å²) in [7, 11) is 3.22. The number of halogens is 1. The Kier molecular flexibility index (Phi) is 3.99. The van der Waals surface area contributed by atoms with Crippen molar-refractivity contribution in [3.05, 3.63) is 65.1 Å². The highest BCUT2D eigenvalue weighted by molar-refractivity contribution is 6.22. The van der Waals surface area contributed by atoms with Crippen LogP contribution in [0.25, 0.3) is 10.9 Å². The van der Waals surface area contributed by atoms with E-state index in [4.69, 9.17) is 0 Å². The fourth-order valence-electron chi connectivity index (χ4n) is 3.18. The fraction of sp³-hybridized carbons (Fsp3) is 0.150. The number of nitrogens with one attached hydrogen (secondary N) is 2. The smallest absolute Gasteiger partial charge is 0.253 e. The molecule has 0 fully saturated rings. The number of anilines is 1. The van der Waals surface area contributed by atoms with Crippen molar-refractivity contribution in [2.24, 2.45) is 4.99 Å². The average Bonchev–Trinajstić information content (AvgIpc) is 2.92. The lowest BCUT2D eigenvalue weighted by Crippen LogP contribution is -2.22. The Morgan fingerprint density at radius 2 is 1.96 bits per heavy atom. The third kappa shape index (κ3) is 2.87. The van der Waals surface area contributed by atoms with Crippen LogP contribution < -0.4 is 5.32 Å². The molecule has 3 aromatic rings. The second-order valence-electron chi connectivity index (χ2n) is 6.53. The van der Waals surface area contributed by atoms with E-state index in [9.17, 15) is 14.0 Å². The maximum atomic E-state index is 14.9. The number of hydrogen-bond acceptors (Lipinski definition) is 3. The summed E-state index contributed by atoms with van der Waals surface area (Å²) in [5, 5.41) is 3.67. The number of aliphatic imine (C=N–C) groups is 1. The maximum Gasteiger partial charge on any atom is 0.253 e. The minimum absolute atomic E-state index is 0.107. The zero-order valence-corrected chi connectivity index (χ0v) is 14.8. The molecule has 4 rings (SSSR count). The van der Waals surface area contributed by atoms with Gasteiger partial charge in [0.05, 0.1) is 17.1 Å². The molecule has 0 aliphatic carbocycles. The Labute approximate surface area is 154 Å². The van der Waals surface area contributed by atoms with Crippen LogP contribution in [0.15, 0.2) is 47.5 Å². The molecule has 0 unspecified atom stereocenters. The SMILES string of the molecule is CN(C)C(=O)c1ccc(C2=NCC(=O)Nc3c2[nH]c2ccccc32)c(F)c1. The fourth-order valence-corrected chi connectivity index (χ4v) is 3.18. The van der Waals surface area contributed by atoms with Gasteiger partial charge >= 0.3 is 0 Å². The summed E-state index contributed by atoms with van der Waals surface area (Å²) >= 11 is 0. The van der Waals surface area contributed by atoms with Gasteiger partial charge in [-0.25, -0.2) is 4.39 Å². The molecule has 0 saturated carbocycles. The molecule has 1 aliphatic rings. The summed E-state index contributed by atoms with van der Waals surface area (Å²) in [6, 6.07) is 11.8. The van der Waals surface area contributed by atoms with Gasteiger partial charge in [0, 0.05) is 36.1 Å². The molecule has 2 amide bonds. The van der Waals surface area contributed by atoms with Crippen molar-refractivity contribution < 1.29 is 14.0 Å². The van der Waals surface area contributed by atoms with Crippen molar-refractivity contribution in [3.63, 3.8) is 0 Å². The Hall–Kier alpha value is -3.48. The second-order valence-corrected chi connectivity index (χ2v) is 6.53. The van der Waals surface area contributed by atoms with Crippen molar-refractivity contribution in [3.8, 4) is 0 Å². The van der Waals surface area contributed by atoms with E-state index in [0.29, 0.717) is 17.1 Å². The molecule has 0 saturated heterocycles. The molecule has 2 N–H and O–H groups in total. The van der Waals surface area contributed by atoms with Crippen LogP contribution in [0.5, 0.6) is 0 Å². The van der Waals surface area contributed by atoms with Gasteiger partial charge in [-0.15, -0.1) is 0 Å². The van der Waals surface area contributed by atoms with E-state index in [1.807, 2.05) is 24.3 Å². The Bertz CT molecular complexity index is 1110. The summed E-state index contributed by atoms with van der Waals surface area (Å²) in [5.41, 5.74) is 2.78. The number of fused-ring (bicyclic) bond motifs is 3. The van der Waals surface area contributed by atoms with Gasteiger partial charge in [-0.1, -0.05) is 18.2 Å². The van der Waals surface area contributed by atoms with Gasteiger partial charge in [0.2, 0.25) is 5.91 Å². The molecule has 7 heteroatoms. The molecule has 0 atom stereocenters. The largest absolute Gasteiger partial charge is 0.351 e. The first-order valence-electron chi connectivity index (χ1n) is 8.42. The maximum absolute atomic E-state index is 14.9. The average molecular weight is 364 g/mol. The molecular weight excluding hydrogens is 347 g/mol. The lowest BCUT2D eigenvalue weighted by atomic mass is 10.0. The Morgan fingerprint density at radius 3 is 2.70 bits per heavy atom. The molecular formula is C20H17FN4O2. The summed E-state index contributed by atoms with van der Waals surface area (Å²) in [6.45, 7) is -0.107. The van der Waals surface area contributed by atoms with Gasteiger partial charge in [0.25, 0.3) is 5.91 Å². The topological polar surface area (TPSA) is 77.6 Å². The normalized spacial score (nSPS) is 13.6. The lowest BCUT2D eigenvalue weighted by molar-refractivity contribution is -0.114. The third-order valence-electron chi connectivity index (χ3n) is 4.47. The second kappa shape index (κ2) is 6.35. The van der Waals surface area contributed by atoms with Crippen molar-refractivity contribution in [2.45, 2.75) is 0 Å². The van der Waals surface area contributed by atoms with Crippen LogP contribution in [0.3, 0.4) is 0 Å². The van der Waals surface area contributed by atoms with Gasteiger partial charge in [-0.3, -0.25) is 14.6 Å². The first-order chi connectivity index (χ1) is 13.0. The minimum atomic E-state index is -0.569. The predicted molar refractivity (Wildman–Crippen MR) is 102 cm³/mol. The number of rotatable bonds is 2. The highest BCUT2D eigenvalue weighted by Gasteiger charge is 2.24. The van der Waals surface area contributed by atoms with Crippen molar-refractivity contribution in [2.75, 3.05) is 26.0 Å².